The first kappa shape index (κ1) is 18.8. The first-order valence-electron chi connectivity index (χ1n) is 7.64. The minimum Gasteiger partial charge on any atom is -0.504 e. The normalized spacial score (nSPS) is 10.4. The van der Waals surface area contributed by atoms with Gasteiger partial charge >= 0.3 is 11.8 Å². The van der Waals surface area contributed by atoms with Crippen LogP contribution in [0.4, 0.5) is 0 Å². The largest absolute Gasteiger partial charge is 0.504 e. The smallest absolute Gasteiger partial charge is 0.329 e. The zero-order valence-electron chi connectivity index (χ0n) is 14.4. The Hall–Kier alpha value is -3.55. The summed E-state index contributed by atoms with van der Waals surface area (Å²) in [6.07, 6.45) is 1.33. The van der Waals surface area contributed by atoms with Gasteiger partial charge in [0.2, 0.25) is 0 Å². The second-order valence-electron chi connectivity index (χ2n) is 5.16. The van der Waals surface area contributed by atoms with Crippen LogP contribution in [0.3, 0.4) is 0 Å². The molecule has 0 heterocycles. The number of carbonyl (C=O) groups excluding carboxylic acids is 2. The zero-order chi connectivity index (χ0) is 18.9. The van der Waals surface area contributed by atoms with Crippen molar-refractivity contribution in [1.82, 2.24) is 10.7 Å². The minimum atomic E-state index is -0.888. The highest BCUT2D eigenvalue weighted by Crippen LogP contribution is 2.25. The summed E-state index contributed by atoms with van der Waals surface area (Å²) in [5, 5.41) is 15.7. The van der Waals surface area contributed by atoms with Crippen molar-refractivity contribution in [1.29, 1.82) is 0 Å². The van der Waals surface area contributed by atoms with E-state index in [-0.39, 0.29) is 18.0 Å². The Kier molecular flexibility index (Phi) is 6.55. The summed E-state index contributed by atoms with van der Waals surface area (Å²) in [5.41, 5.74) is 3.54. The fraction of sp³-hybridized carbons (Fsp3) is 0.167. The molecule has 26 heavy (non-hydrogen) atoms. The van der Waals surface area contributed by atoms with Gasteiger partial charge in [0.25, 0.3) is 0 Å². The molecule has 0 bridgehead atoms. The molecule has 0 saturated heterocycles. The second-order valence-corrected chi connectivity index (χ2v) is 5.16. The Bertz CT molecular complexity index is 803. The van der Waals surface area contributed by atoms with E-state index in [4.69, 9.17) is 9.47 Å². The van der Waals surface area contributed by atoms with E-state index in [1.54, 1.807) is 37.4 Å². The van der Waals surface area contributed by atoms with Gasteiger partial charge in [0.15, 0.2) is 11.5 Å². The summed E-state index contributed by atoms with van der Waals surface area (Å²) in [7, 11) is 2.99. The van der Waals surface area contributed by atoms with Gasteiger partial charge in [-0.1, -0.05) is 12.1 Å². The Morgan fingerprint density at radius 3 is 2.46 bits per heavy atom. The highest BCUT2D eigenvalue weighted by Gasteiger charge is 2.12. The van der Waals surface area contributed by atoms with Crippen molar-refractivity contribution in [2.45, 2.75) is 6.54 Å². The Morgan fingerprint density at radius 2 is 1.81 bits per heavy atom. The standard InChI is InChI=1S/C18H19N3O5/c1-25-14-6-3-12(4-7-14)10-19-17(23)18(24)21-20-11-13-5-8-15(22)16(9-13)26-2/h3-9,11,22H,10H2,1-2H3,(H,19,23)(H,21,24)/b20-11-. The van der Waals surface area contributed by atoms with Gasteiger partial charge in [0.1, 0.15) is 5.75 Å². The molecule has 0 fully saturated rings. The fourth-order valence-electron chi connectivity index (χ4n) is 2.00. The van der Waals surface area contributed by atoms with Crippen molar-refractivity contribution < 1.29 is 24.2 Å². The molecule has 0 aliphatic carbocycles. The second kappa shape index (κ2) is 9.07. The van der Waals surface area contributed by atoms with Gasteiger partial charge in [0.05, 0.1) is 20.4 Å². The van der Waals surface area contributed by atoms with Crippen LogP contribution in [-0.4, -0.2) is 37.4 Å². The number of benzene rings is 2. The first-order chi connectivity index (χ1) is 12.5. The lowest BCUT2D eigenvalue weighted by atomic mass is 10.2. The summed E-state index contributed by atoms with van der Waals surface area (Å²) in [6.45, 7) is 0.203. The number of aromatic hydroxyl groups is 1. The van der Waals surface area contributed by atoms with Crippen LogP contribution in [0.15, 0.2) is 47.6 Å². The highest BCUT2D eigenvalue weighted by atomic mass is 16.5. The van der Waals surface area contributed by atoms with Crippen molar-refractivity contribution in [2.75, 3.05) is 14.2 Å². The monoisotopic (exact) mass is 357 g/mol. The lowest BCUT2D eigenvalue weighted by molar-refractivity contribution is -0.139. The third-order valence-corrected chi connectivity index (χ3v) is 3.40. The molecule has 0 aliphatic rings. The van der Waals surface area contributed by atoms with Crippen molar-refractivity contribution >= 4 is 18.0 Å². The minimum absolute atomic E-state index is 0.00778. The van der Waals surface area contributed by atoms with Crippen LogP contribution in [0.5, 0.6) is 17.2 Å². The molecule has 0 aromatic heterocycles. The molecular formula is C18H19N3O5. The van der Waals surface area contributed by atoms with Crippen LogP contribution < -0.4 is 20.2 Å². The third-order valence-electron chi connectivity index (χ3n) is 3.40. The lowest BCUT2D eigenvalue weighted by Gasteiger charge is -2.05. The number of rotatable bonds is 6. The number of hydrogen-bond donors (Lipinski definition) is 3. The number of carbonyl (C=O) groups is 2. The average molecular weight is 357 g/mol. The Morgan fingerprint density at radius 1 is 1.08 bits per heavy atom. The van der Waals surface area contributed by atoms with Gasteiger partial charge in [-0.15, -0.1) is 0 Å². The molecule has 0 radical (unpaired) electrons. The highest BCUT2D eigenvalue weighted by molar-refractivity contribution is 6.35. The van der Waals surface area contributed by atoms with E-state index in [0.29, 0.717) is 11.3 Å². The van der Waals surface area contributed by atoms with Crippen molar-refractivity contribution in [3.05, 3.63) is 53.6 Å². The van der Waals surface area contributed by atoms with Gasteiger partial charge < -0.3 is 19.9 Å². The number of hydrazone groups is 1. The molecule has 3 N–H and O–H groups in total. The molecule has 0 unspecified atom stereocenters. The number of amides is 2. The molecule has 0 atom stereocenters. The molecule has 8 nitrogen and oxygen atoms in total. The lowest BCUT2D eigenvalue weighted by Crippen LogP contribution is -2.37. The topological polar surface area (TPSA) is 109 Å². The van der Waals surface area contributed by atoms with E-state index >= 15 is 0 Å². The maximum Gasteiger partial charge on any atom is 0.329 e. The Balaban J connectivity index is 1.83. The van der Waals surface area contributed by atoms with Crippen LogP contribution in [-0.2, 0) is 16.1 Å². The van der Waals surface area contributed by atoms with Crippen LogP contribution in [0, 0.1) is 0 Å². The molecule has 0 saturated carbocycles. The van der Waals surface area contributed by atoms with Crippen LogP contribution in [0.2, 0.25) is 0 Å². The van der Waals surface area contributed by atoms with Gasteiger partial charge in [-0.2, -0.15) is 5.10 Å². The van der Waals surface area contributed by atoms with Gasteiger partial charge in [-0.3, -0.25) is 9.59 Å². The number of phenolic OH excluding ortho intramolecular Hbond substituents is 1. The van der Waals surface area contributed by atoms with Gasteiger partial charge in [-0.05, 0) is 41.5 Å². The molecule has 2 amide bonds. The quantitative estimate of drug-likeness (QED) is 0.409. The fourth-order valence-corrected chi connectivity index (χ4v) is 2.00. The van der Waals surface area contributed by atoms with Crippen LogP contribution >= 0.6 is 0 Å². The molecule has 136 valence electrons. The van der Waals surface area contributed by atoms with Crippen LogP contribution in [0.25, 0.3) is 0 Å². The third kappa shape index (κ3) is 5.23. The van der Waals surface area contributed by atoms with Gasteiger partial charge in [-0.25, -0.2) is 5.43 Å². The number of nitrogens with zero attached hydrogens (tertiary/aromatic N) is 1. The van der Waals surface area contributed by atoms with E-state index < -0.39 is 11.8 Å². The van der Waals surface area contributed by atoms with E-state index in [9.17, 15) is 14.7 Å². The number of ether oxygens (including phenoxy) is 2. The molecule has 0 spiro atoms. The van der Waals surface area contributed by atoms with Crippen LogP contribution in [0.1, 0.15) is 11.1 Å². The first-order valence-corrected chi connectivity index (χ1v) is 7.64. The number of hydrogen-bond acceptors (Lipinski definition) is 6. The Labute approximate surface area is 150 Å². The maximum atomic E-state index is 11.8. The van der Waals surface area contributed by atoms with Crippen molar-refractivity contribution in [2.24, 2.45) is 5.10 Å². The number of nitrogens with one attached hydrogen (secondary N) is 2. The summed E-state index contributed by atoms with van der Waals surface area (Å²) in [6, 6.07) is 11.6. The van der Waals surface area contributed by atoms with Crippen molar-refractivity contribution in [3.63, 3.8) is 0 Å². The summed E-state index contributed by atoms with van der Waals surface area (Å²) < 4.78 is 10.0. The summed E-state index contributed by atoms with van der Waals surface area (Å²) in [4.78, 5) is 23.5. The molecule has 2 aromatic carbocycles. The SMILES string of the molecule is COc1ccc(CNC(=O)C(=O)N/N=C\c2ccc(O)c(OC)c2)cc1. The molecule has 0 aliphatic heterocycles. The molecule has 8 heteroatoms. The zero-order valence-corrected chi connectivity index (χ0v) is 14.4. The number of phenols is 1. The van der Waals surface area contributed by atoms with E-state index in [1.807, 2.05) is 0 Å². The van der Waals surface area contributed by atoms with E-state index in [2.05, 4.69) is 15.8 Å². The van der Waals surface area contributed by atoms with Gasteiger partial charge in [0, 0.05) is 6.54 Å². The molecular weight excluding hydrogens is 338 g/mol. The predicted octanol–water partition coefficient (Wildman–Crippen LogP) is 1.18. The summed E-state index contributed by atoms with van der Waals surface area (Å²) >= 11 is 0. The molecule has 2 rings (SSSR count). The maximum absolute atomic E-state index is 11.8. The average Bonchev–Trinajstić information content (AvgIpc) is 2.67. The van der Waals surface area contributed by atoms with Crippen molar-refractivity contribution in [3.8, 4) is 17.2 Å². The van der Waals surface area contributed by atoms with E-state index in [0.717, 1.165) is 5.56 Å². The predicted molar refractivity (Wildman–Crippen MR) is 95.2 cm³/mol. The van der Waals surface area contributed by atoms with E-state index in [1.165, 1.54) is 25.5 Å². The number of methoxy groups -OCH3 is 2. The molecule has 2 aromatic rings. The summed E-state index contributed by atoms with van der Waals surface area (Å²) in [5.74, 6) is -0.719.